The molecule has 9 heteroatoms. The second-order valence-corrected chi connectivity index (χ2v) is 8.52. The van der Waals surface area contributed by atoms with Crippen LogP contribution in [0.4, 0.5) is 0 Å². The summed E-state index contributed by atoms with van der Waals surface area (Å²) in [5.41, 5.74) is 0.677. The number of carbonyl (C=O) groups excluding carboxylic acids is 1. The highest BCUT2D eigenvalue weighted by molar-refractivity contribution is 7.91. The number of hydrogen-bond acceptors (Lipinski definition) is 7. The Labute approximate surface area is 138 Å². The Balaban J connectivity index is 1.82. The van der Waals surface area contributed by atoms with Gasteiger partial charge in [-0.25, -0.2) is 23.4 Å². The molecule has 7 nitrogen and oxygen atoms in total. The van der Waals surface area contributed by atoms with Gasteiger partial charge in [-0.3, -0.25) is 4.79 Å². The summed E-state index contributed by atoms with van der Waals surface area (Å²) in [6.45, 7) is 1.92. The monoisotopic (exact) mass is 352 g/mol. The van der Waals surface area contributed by atoms with Crippen molar-refractivity contribution >= 4 is 27.1 Å². The van der Waals surface area contributed by atoms with Crippen molar-refractivity contribution in [3.63, 3.8) is 0 Å². The van der Waals surface area contributed by atoms with Crippen molar-refractivity contribution in [2.24, 2.45) is 0 Å². The molecular formula is C14H16N4O3S2. The molecule has 0 bridgehead atoms. The second kappa shape index (κ2) is 6.32. The molecule has 23 heavy (non-hydrogen) atoms. The Morgan fingerprint density at radius 2 is 2.13 bits per heavy atom. The van der Waals surface area contributed by atoms with Gasteiger partial charge in [0.15, 0.2) is 20.7 Å². The first kappa shape index (κ1) is 16.0. The molecule has 0 aromatic carbocycles. The van der Waals surface area contributed by atoms with Crippen LogP contribution in [0.25, 0.3) is 10.8 Å². The van der Waals surface area contributed by atoms with E-state index in [1.54, 1.807) is 18.5 Å². The molecule has 1 fully saturated rings. The van der Waals surface area contributed by atoms with E-state index in [2.05, 4.69) is 20.3 Å². The molecule has 1 aliphatic heterocycles. The van der Waals surface area contributed by atoms with Gasteiger partial charge < -0.3 is 5.32 Å². The minimum atomic E-state index is -3.02. The maximum atomic E-state index is 12.5. The number of nitrogens with zero attached hydrogens (tertiary/aromatic N) is 3. The van der Waals surface area contributed by atoms with Crippen molar-refractivity contribution in [2.45, 2.75) is 25.8 Å². The molecule has 0 radical (unpaired) electrons. The normalized spacial score (nSPS) is 19.6. The van der Waals surface area contributed by atoms with Crippen LogP contribution in [-0.2, 0) is 16.3 Å². The molecule has 1 saturated heterocycles. The number of carbonyl (C=O) groups is 1. The van der Waals surface area contributed by atoms with E-state index in [9.17, 15) is 13.2 Å². The van der Waals surface area contributed by atoms with Gasteiger partial charge in [0.1, 0.15) is 4.88 Å². The molecule has 1 unspecified atom stereocenters. The van der Waals surface area contributed by atoms with Gasteiger partial charge in [-0.2, -0.15) is 0 Å². The highest BCUT2D eigenvalue weighted by Crippen LogP contribution is 2.26. The first-order valence-electron chi connectivity index (χ1n) is 7.27. The van der Waals surface area contributed by atoms with Gasteiger partial charge in [0.05, 0.1) is 17.2 Å². The Morgan fingerprint density at radius 3 is 2.74 bits per heavy atom. The predicted molar refractivity (Wildman–Crippen MR) is 87.0 cm³/mol. The maximum absolute atomic E-state index is 12.5. The molecule has 3 rings (SSSR count). The molecule has 1 amide bonds. The zero-order valence-electron chi connectivity index (χ0n) is 12.5. The fraction of sp³-hybridized carbons (Fsp3) is 0.429. The van der Waals surface area contributed by atoms with Crippen molar-refractivity contribution < 1.29 is 13.2 Å². The van der Waals surface area contributed by atoms with Gasteiger partial charge in [0.25, 0.3) is 5.91 Å². The molecule has 2 aromatic heterocycles. The molecule has 0 spiro atoms. The molecule has 1 atom stereocenters. The lowest BCUT2D eigenvalue weighted by Crippen LogP contribution is -2.35. The molecule has 1 aliphatic rings. The fourth-order valence-corrected chi connectivity index (χ4v) is 5.11. The number of rotatable bonds is 4. The minimum absolute atomic E-state index is 0.00759. The molecule has 122 valence electrons. The lowest BCUT2D eigenvalue weighted by Gasteiger charge is -2.09. The average molecular weight is 352 g/mol. The molecular weight excluding hydrogens is 336 g/mol. The SMILES string of the molecule is CCc1nc(-c2ncccn2)sc1C(=O)NC1CCS(=O)(=O)C1. The first-order valence-corrected chi connectivity index (χ1v) is 9.90. The number of nitrogens with one attached hydrogen (secondary N) is 1. The third kappa shape index (κ3) is 3.56. The highest BCUT2D eigenvalue weighted by Gasteiger charge is 2.30. The summed E-state index contributed by atoms with van der Waals surface area (Å²) in [7, 11) is -3.02. The Kier molecular flexibility index (Phi) is 4.40. The predicted octanol–water partition coefficient (Wildman–Crippen LogP) is 1.08. The maximum Gasteiger partial charge on any atom is 0.263 e. The Hall–Kier alpha value is -1.87. The summed E-state index contributed by atoms with van der Waals surface area (Å²) in [5, 5.41) is 3.39. The zero-order valence-corrected chi connectivity index (χ0v) is 14.2. The van der Waals surface area contributed by atoms with Gasteiger partial charge in [-0.05, 0) is 18.9 Å². The number of hydrogen-bond donors (Lipinski definition) is 1. The molecule has 2 aromatic rings. The van der Waals surface area contributed by atoms with Crippen LogP contribution in [0.1, 0.15) is 28.7 Å². The summed E-state index contributed by atoms with van der Waals surface area (Å²) in [4.78, 5) is 25.7. The molecule has 3 heterocycles. The van der Waals surface area contributed by atoms with Gasteiger partial charge >= 0.3 is 0 Å². The lowest BCUT2D eigenvalue weighted by atomic mass is 10.2. The van der Waals surface area contributed by atoms with Crippen molar-refractivity contribution in [3.8, 4) is 10.8 Å². The average Bonchev–Trinajstić information content (AvgIpc) is 3.11. The third-order valence-corrected chi connectivity index (χ3v) is 6.42. The van der Waals surface area contributed by atoms with Crippen LogP contribution in [0.15, 0.2) is 18.5 Å². The second-order valence-electron chi connectivity index (χ2n) is 5.29. The van der Waals surface area contributed by atoms with Crippen molar-refractivity contribution in [3.05, 3.63) is 29.0 Å². The number of amides is 1. The molecule has 0 aliphatic carbocycles. The Bertz CT molecular complexity index is 818. The van der Waals surface area contributed by atoms with Crippen molar-refractivity contribution in [2.75, 3.05) is 11.5 Å². The van der Waals surface area contributed by atoms with Gasteiger partial charge in [-0.1, -0.05) is 6.92 Å². The number of sulfone groups is 1. The Morgan fingerprint density at radius 1 is 1.39 bits per heavy atom. The first-order chi connectivity index (χ1) is 11.0. The van der Waals surface area contributed by atoms with Gasteiger partial charge in [0.2, 0.25) is 0 Å². The molecule has 1 N–H and O–H groups in total. The highest BCUT2D eigenvalue weighted by atomic mass is 32.2. The summed E-state index contributed by atoms with van der Waals surface area (Å²) in [5.74, 6) is 0.344. The van der Waals surface area contributed by atoms with Crippen LogP contribution in [0.3, 0.4) is 0 Å². The van der Waals surface area contributed by atoms with Crippen LogP contribution < -0.4 is 5.32 Å². The van der Waals surface area contributed by atoms with Crippen LogP contribution in [-0.4, -0.2) is 46.8 Å². The van der Waals surface area contributed by atoms with E-state index in [-0.39, 0.29) is 23.5 Å². The van der Waals surface area contributed by atoms with E-state index in [0.29, 0.717) is 34.2 Å². The van der Waals surface area contributed by atoms with E-state index in [0.717, 1.165) is 0 Å². The van der Waals surface area contributed by atoms with E-state index in [1.807, 2.05) is 6.92 Å². The van der Waals surface area contributed by atoms with Gasteiger partial charge in [-0.15, -0.1) is 11.3 Å². The van der Waals surface area contributed by atoms with Crippen LogP contribution in [0.5, 0.6) is 0 Å². The van der Waals surface area contributed by atoms with Crippen LogP contribution >= 0.6 is 11.3 Å². The summed E-state index contributed by atoms with van der Waals surface area (Å²) < 4.78 is 23.0. The van der Waals surface area contributed by atoms with Gasteiger partial charge in [0, 0.05) is 18.4 Å². The van der Waals surface area contributed by atoms with E-state index < -0.39 is 9.84 Å². The van der Waals surface area contributed by atoms with E-state index in [4.69, 9.17) is 0 Å². The molecule has 0 saturated carbocycles. The number of aromatic nitrogens is 3. The van der Waals surface area contributed by atoms with Crippen LogP contribution in [0, 0.1) is 0 Å². The summed E-state index contributed by atoms with van der Waals surface area (Å²) in [6.07, 6.45) is 4.31. The number of thiazole rings is 1. The number of aryl methyl sites for hydroxylation is 1. The quantitative estimate of drug-likeness (QED) is 0.883. The van der Waals surface area contributed by atoms with Crippen molar-refractivity contribution in [1.29, 1.82) is 0 Å². The topological polar surface area (TPSA) is 102 Å². The van der Waals surface area contributed by atoms with Crippen molar-refractivity contribution in [1.82, 2.24) is 20.3 Å². The largest absolute Gasteiger partial charge is 0.347 e. The summed E-state index contributed by atoms with van der Waals surface area (Å²) in [6, 6.07) is 1.39. The van der Waals surface area contributed by atoms with E-state index in [1.165, 1.54) is 11.3 Å². The summed E-state index contributed by atoms with van der Waals surface area (Å²) >= 11 is 1.23. The smallest absolute Gasteiger partial charge is 0.263 e. The minimum Gasteiger partial charge on any atom is -0.347 e. The zero-order chi connectivity index (χ0) is 16.4. The van der Waals surface area contributed by atoms with E-state index >= 15 is 0 Å². The lowest BCUT2D eigenvalue weighted by molar-refractivity contribution is 0.0944. The standard InChI is InChI=1S/C14H16N4O3S2/c1-2-10-11(13(19)17-9-4-7-23(20,21)8-9)22-14(18-10)12-15-5-3-6-16-12/h3,5-6,9H,2,4,7-8H2,1H3,(H,17,19). The van der Waals surface area contributed by atoms with Crippen LogP contribution in [0.2, 0.25) is 0 Å². The fourth-order valence-electron chi connectivity index (χ4n) is 2.43. The third-order valence-electron chi connectivity index (χ3n) is 3.56.